The smallest absolute Gasteiger partial charge is 0.145 e. The van der Waals surface area contributed by atoms with E-state index in [1.165, 1.54) is 32.1 Å². The Kier molecular flexibility index (Phi) is 4.69. The molecule has 0 amide bonds. The van der Waals surface area contributed by atoms with Gasteiger partial charge in [-0.2, -0.15) is 0 Å². The van der Waals surface area contributed by atoms with E-state index in [4.69, 9.17) is 0 Å². The topological polar surface area (TPSA) is 34.1 Å². The maximum atomic E-state index is 11.7. The van der Waals surface area contributed by atoms with Gasteiger partial charge in [-0.15, -0.1) is 0 Å². The first-order valence-electron chi connectivity index (χ1n) is 6.44. The van der Waals surface area contributed by atoms with E-state index in [2.05, 4.69) is 0 Å². The number of hydrogen-bond donors (Lipinski definition) is 0. The average Bonchev–Trinajstić information content (AvgIpc) is 2.17. The Balaban J connectivity index is 2.32. The molecule has 0 atom stereocenters. The molecule has 92 valence electrons. The van der Waals surface area contributed by atoms with E-state index in [0.29, 0.717) is 12.3 Å². The monoisotopic (exact) mass is 224 g/mol. The summed E-state index contributed by atoms with van der Waals surface area (Å²) in [5.41, 5.74) is -0.373. The van der Waals surface area contributed by atoms with Crippen molar-refractivity contribution in [2.45, 2.75) is 65.7 Å². The van der Waals surface area contributed by atoms with Gasteiger partial charge in [-0.05, 0) is 5.92 Å². The molecule has 0 bridgehead atoms. The van der Waals surface area contributed by atoms with E-state index in [0.717, 1.165) is 0 Å². The molecule has 1 aliphatic carbocycles. The number of ketones is 2. The van der Waals surface area contributed by atoms with E-state index < -0.39 is 0 Å². The fraction of sp³-hybridized carbons (Fsp3) is 0.857. The quantitative estimate of drug-likeness (QED) is 0.684. The number of carbonyl (C=O) groups is 2. The van der Waals surface area contributed by atoms with Crippen LogP contribution in [0.2, 0.25) is 0 Å². The molecule has 0 N–H and O–H groups in total. The third kappa shape index (κ3) is 4.46. The number of carbonyl (C=O) groups excluding carboxylic acids is 2. The molecule has 2 nitrogen and oxygen atoms in total. The second-order valence-corrected chi connectivity index (χ2v) is 6.10. The number of hydrogen-bond acceptors (Lipinski definition) is 2. The minimum absolute atomic E-state index is 0.0771. The normalized spacial score (nSPS) is 18.4. The predicted octanol–water partition coefficient (Wildman–Crippen LogP) is 3.53. The third-order valence-corrected chi connectivity index (χ3v) is 3.44. The van der Waals surface area contributed by atoms with Crippen molar-refractivity contribution in [1.82, 2.24) is 0 Å². The lowest BCUT2D eigenvalue weighted by molar-refractivity contribution is -0.132. The third-order valence-electron chi connectivity index (χ3n) is 3.44. The molecule has 16 heavy (non-hydrogen) atoms. The van der Waals surface area contributed by atoms with Crippen LogP contribution in [-0.4, -0.2) is 11.6 Å². The van der Waals surface area contributed by atoms with Crippen molar-refractivity contribution in [3.8, 4) is 0 Å². The van der Waals surface area contributed by atoms with E-state index in [1.54, 1.807) is 0 Å². The molecule has 1 saturated carbocycles. The van der Waals surface area contributed by atoms with Gasteiger partial charge in [-0.3, -0.25) is 9.59 Å². The molecule has 0 spiro atoms. The van der Waals surface area contributed by atoms with Gasteiger partial charge in [0.15, 0.2) is 0 Å². The van der Waals surface area contributed by atoms with Crippen LogP contribution in [-0.2, 0) is 9.59 Å². The van der Waals surface area contributed by atoms with Gasteiger partial charge in [0, 0.05) is 11.8 Å². The highest BCUT2D eigenvalue weighted by atomic mass is 16.1. The molecular formula is C14H24O2. The molecule has 0 aromatic rings. The summed E-state index contributed by atoms with van der Waals surface area (Å²) >= 11 is 0. The highest BCUT2D eigenvalue weighted by Crippen LogP contribution is 2.27. The minimum Gasteiger partial charge on any atom is -0.299 e. The van der Waals surface area contributed by atoms with Crippen LogP contribution in [0.3, 0.4) is 0 Å². The largest absolute Gasteiger partial charge is 0.299 e. The summed E-state index contributed by atoms with van der Waals surface area (Å²) in [6, 6.07) is 0. The lowest BCUT2D eigenvalue weighted by atomic mass is 9.83. The van der Waals surface area contributed by atoms with Crippen molar-refractivity contribution in [1.29, 1.82) is 0 Å². The molecule has 0 heterocycles. The first-order chi connectivity index (χ1) is 7.39. The van der Waals surface area contributed by atoms with Crippen LogP contribution in [0, 0.1) is 11.3 Å². The summed E-state index contributed by atoms with van der Waals surface area (Å²) in [7, 11) is 0. The van der Waals surface area contributed by atoms with E-state index in [1.807, 2.05) is 20.8 Å². The maximum absolute atomic E-state index is 11.7. The predicted molar refractivity (Wildman–Crippen MR) is 65.3 cm³/mol. The first kappa shape index (κ1) is 13.4. The zero-order valence-corrected chi connectivity index (χ0v) is 10.8. The summed E-state index contributed by atoms with van der Waals surface area (Å²) in [6.07, 6.45) is 6.94. The zero-order valence-electron chi connectivity index (χ0n) is 10.8. The Bertz CT molecular complexity index is 254. The molecule has 0 aliphatic heterocycles. The lowest BCUT2D eigenvalue weighted by Crippen LogP contribution is -2.24. The molecule has 1 fully saturated rings. The van der Waals surface area contributed by atoms with E-state index in [-0.39, 0.29) is 23.4 Å². The zero-order chi connectivity index (χ0) is 12.2. The van der Waals surface area contributed by atoms with Gasteiger partial charge in [0.05, 0.1) is 6.42 Å². The van der Waals surface area contributed by atoms with Crippen LogP contribution < -0.4 is 0 Å². The highest BCUT2D eigenvalue weighted by Gasteiger charge is 2.25. The molecule has 1 aliphatic rings. The second kappa shape index (κ2) is 5.60. The summed E-state index contributed by atoms with van der Waals surface area (Å²) in [5, 5.41) is 0. The Morgan fingerprint density at radius 3 is 2.12 bits per heavy atom. The number of rotatable bonds is 4. The Labute approximate surface area is 98.8 Å². The molecular weight excluding hydrogens is 200 g/mol. The standard InChI is InChI=1S/C14H24O2/c1-14(2,3)13(16)10-12(15)9-11-7-5-4-6-8-11/h11H,4-10H2,1-3H3. The molecule has 1 rings (SSSR count). The average molecular weight is 224 g/mol. The van der Waals surface area contributed by atoms with Crippen molar-refractivity contribution in [2.75, 3.05) is 0 Å². The fourth-order valence-corrected chi connectivity index (χ4v) is 2.23. The maximum Gasteiger partial charge on any atom is 0.145 e. The van der Waals surface area contributed by atoms with Gasteiger partial charge in [0.2, 0.25) is 0 Å². The molecule has 0 aromatic heterocycles. The summed E-state index contributed by atoms with van der Waals surface area (Å²) in [6.45, 7) is 5.63. The summed E-state index contributed by atoms with van der Waals surface area (Å²) in [4.78, 5) is 23.4. The van der Waals surface area contributed by atoms with Crippen LogP contribution in [0.1, 0.15) is 65.7 Å². The van der Waals surface area contributed by atoms with Crippen molar-refractivity contribution in [3.63, 3.8) is 0 Å². The van der Waals surface area contributed by atoms with Crippen molar-refractivity contribution < 1.29 is 9.59 Å². The minimum atomic E-state index is -0.373. The van der Waals surface area contributed by atoms with Crippen molar-refractivity contribution >= 4 is 11.6 Å². The van der Waals surface area contributed by atoms with Crippen LogP contribution in [0.25, 0.3) is 0 Å². The van der Waals surface area contributed by atoms with Gasteiger partial charge in [-0.1, -0.05) is 52.9 Å². The molecule has 0 radical (unpaired) electrons. The molecule has 0 aromatic carbocycles. The molecule has 2 heteroatoms. The SMILES string of the molecule is CC(C)(C)C(=O)CC(=O)CC1CCCCC1. The van der Waals surface area contributed by atoms with Crippen LogP contribution in [0.5, 0.6) is 0 Å². The van der Waals surface area contributed by atoms with Crippen LogP contribution >= 0.6 is 0 Å². The Morgan fingerprint density at radius 2 is 1.62 bits per heavy atom. The molecule has 0 saturated heterocycles. The van der Waals surface area contributed by atoms with Crippen molar-refractivity contribution in [2.24, 2.45) is 11.3 Å². The fourth-order valence-electron chi connectivity index (χ4n) is 2.23. The Hall–Kier alpha value is -0.660. The second-order valence-electron chi connectivity index (χ2n) is 6.10. The van der Waals surface area contributed by atoms with E-state index >= 15 is 0 Å². The van der Waals surface area contributed by atoms with Crippen LogP contribution in [0.15, 0.2) is 0 Å². The van der Waals surface area contributed by atoms with E-state index in [9.17, 15) is 9.59 Å². The Morgan fingerprint density at radius 1 is 1.06 bits per heavy atom. The van der Waals surface area contributed by atoms with Gasteiger partial charge >= 0.3 is 0 Å². The van der Waals surface area contributed by atoms with Crippen LogP contribution in [0.4, 0.5) is 0 Å². The molecule has 0 unspecified atom stereocenters. The number of Topliss-reactive ketones (excluding diaryl/α,β-unsaturated/α-hetero) is 2. The van der Waals surface area contributed by atoms with Gasteiger partial charge < -0.3 is 0 Å². The van der Waals surface area contributed by atoms with Gasteiger partial charge in [0.25, 0.3) is 0 Å². The van der Waals surface area contributed by atoms with Gasteiger partial charge in [-0.25, -0.2) is 0 Å². The van der Waals surface area contributed by atoms with Gasteiger partial charge in [0.1, 0.15) is 11.6 Å². The summed E-state index contributed by atoms with van der Waals surface area (Å²) < 4.78 is 0. The van der Waals surface area contributed by atoms with Crippen molar-refractivity contribution in [3.05, 3.63) is 0 Å². The summed E-state index contributed by atoms with van der Waals surface area (Å²) in [5.74, 6) is 0.772. The lowest BCUT2D eigenvalue weighted by Gasteiger charge is -2.21. The first-order valence-corrected chi connectivity index (χ1v) is 6.44. The highest BCUT2D eigenvalue weighted by molar-refractivity contribution is 6.01.